The molecule has 0 radical (unpaired) electrons. The van der Waals surface area contributed by atoms with Crippen molar-refractivity contribution in [2.24, 2.45) is 0 Å². The molecule has 0 aromatic heterocycles. The lowest BCUT2D eigenvalue weighted by Crippen LogP contribution is -2.23. The third kappa shape index (κ3) is 3.65. The fraction of sp³-hybridized carbons (Fsp3) is 0.200. The average Bonchev–Trinajstić information content (AvgIpc) is 2.25. The Kier molecular flexibility index (Phi) is 4.07. The normalized spacial score (nSPS) is 12.3. The molecule has 0 aliphatic carbocycles. The molecule has 0 heterocycles. The number of hydrogen-bond acceptors (Lipinski definition) is 4. The van der Waals surface area contributed by atoms with Crippen LogP contribution in [-0.4, -0.2) is 29.6 Å². The Balaban J connectivity index is 3.21. The van der Waals surface area contributed by atoms with Gasteiger partial charge in [0.1, 0.15) is 0 Å². The number of sulfone groups is 1. The van der Waals surface area contributed by atoms with Gasteiger partial charge in [-0.3, -0.25) is 0 Å². The van der Waals surface area contributed by atoms with Crippen molar-refractivity contribution in [1.82, 2.24) is 4.72 Å². The predicted molar refractivity (Wildman–Crippen MR) is 64.9 cm³/mol. The summed E-state index contributed by atoms with van der Waals surface area (Å²) in [4.78, 5) is -0.110. The van der Waals surface area contributed by atoms with E-state index in [2.05, 4.69) is 11.3 Å². The van der Waals surface area contributed by atoms with E-state index in [1.807, 2.05) is 0 Å². The Morgan fingerprint density at radius 2 is 1.82 bits per heavy atom. The molecular formula is C10H13NO4S2. The molecule has 0 fully saturated rings. The van der Waals surface area contributed by atoms with E-state index in [-0.39, 0.29) is 16.3 Å². The molecule has 0 saturated carbocycles. The van der Waals surface area contributed by atoms with Crippen molar-refractivity contribution < 1.29 is 16.8 Å². The summed E-state index contributed by atoms with van der Waals surface area (Å²) in [5.74, 6) is 0. The summed E-state index contributed by atoms with van der Waals surface area (Å²) in [6, 6.07) is 5.20. The minimum absolute atomic E-state index is 0.0287. The lowest BCUT2D eigenvalue weighted by Gasteiger charge is -2.05. The molecule has 0 atom stereocenters. The smallest absolute Gasteiger partial charge is 0.224 e. The Hall–Kier alpha value is -1.18. The van der Waals surface area contributed by atoms with Crippen LogP contribution >= 0.6 is 0 Å². The van der Waals surface area contributed by atoms with Gasteiger partial charge >= 0.3 is 0 Å². The van der Waals surface area contributed by atoms with Crippen molar-refractivity contribution in [2.45, 2.75) is 9.79 Å². The first-order chi connectivity index (χ1) is 7.77. The summed E-state index contributed by atoms with van der Waals surface area (Å²) in [5.41, 5.74) is 0. The van der Waals surface area contributed by atoms with E-state index >= 15 is 0 Å². The molecule has 1 rings (SSSR count). The van der Waals surface area contributed by atoms with Crippen LogP contribution in [0.4, 0.5) is 0 Å². The van der Waals surface area contributed by atoms with Gasteiger partial charge in [0.15, 0.2) is 9.84 Å². The van der Waals surface area contributed by atoms with Gasteiger partial charge in [0.05, 0.1) is 9.79 Å². The fourth-order valence-corrected chi connectivity index (χ4v) is 2.91. The molecule has 17 heavy (non-hydrogen) atoms. The zero-order chi connectivity index (χ0) is 13.1. The van der Waals surface area contributed by atoms with Crippen LogP contribution in [-0.2, 0) is 19.9 Å². The van der Waals surface area contributed by atoms with Crippen LogP contribution in [0.1, 0.15) is 0 Å². The van der Waals surface area contributed by atoms with Crippen molar-refractivity contribution in [3.8, 4) is 0 Å². The molecular weight excluding hydrogens is 262 g/mol. The minimum Gasteiger partial charge on any atom is -0.224 e. The molecule has 1 aromatic rings. The molecule has 0 bridgehead atoms. The summed E-state index contributed by atoms with van der Waals surface area (Å²) in [6.45, 7) is 3.48. The maximum Gasteiger partial charge on any atom is 0.240 e. The zero-order valence-corrected chi connectivity index (χ0v) is 10.9. The lowest BCUT2D eigenvalue weighted by atomic mass is 10.4. The van der Waals surface area contributed by atoms with Crippen LogP contribution in [0.2, 0.25) is 0 Å². The first-order valence-electron chi connectivity index (χ1n) is 4.68. The molecule has 7 heteroatoms. The number of rotatable bonds is 5. The van der Waals surface area contributed by atoms with Gasteiger partial charge in [0, 0.05) is 12.8 Å². The second kappa shape index (κ2) is 4.99. The number of nitrogens with one attached hydrogen (secondary N) is 1. The SMILES string of the molecule is C=CCNS(=O)(=O)c1cccc(S(C)(=O)=O)c1. The summed E-state index contributed by atoms with van der Waals surface area (Å²) in [6.07, 6.45) is 2.42. The third-order valence-corrected chi connectivity index (χ3v) is 4.49. The first kappa shape index (κ1) is 13.9. The van der Waals surface area contributed by atoms with Crippen LogP contribution in [0.15, 0.2) is 46.7 Å². The first-order valence-corrected chi connectivity index (χ1v) is 8.05. The zero-order valence-electron chi connectivity index (χ0n) is 9.25. The van der Waals surface area contributed by atoms with E-state index in [1.54, 1.807) is 0 Å². The molecule has 5 nitrogen and oxygen atoms in total. The van der Waals surface area contributed by atoms with Crippen LogP contribution < -0.4 is 4.72 Å². The molecule has 0 aliphatic heterocycles. The van der Waals surface area contributed by atoms with Crippen molar-refractivity contribution in [1.29, 1.82) is 0 Å². The maximum absolute atomic E-state index is 11.7. The van der Waals surface area contributed by atoms with E-state index in [0.29, 0.717) is 0 Å². The Morgan fingerprint density at radius 3 is 2.35 bits per heavy atom. The maximum atomic E-state index is 11.7. The van der Waals surface area contributed by atoms with E-state index in [4.69, 9.17) is 0 Å². The number of sulfonamides is 1. The van der Waals surface area contributed by atoms with Crippen molar-refractivity contribution >= 4 is 19.9 Å². The van der Waals surface area contributed by atoms with Gasteiger partial charge < -0.3 is 0 Å². The van der Waals surface area contributed by atoms with Gasteiger partial charge in [0.25, 0.3) is 0 Å². The highest BCUT2D eigenvalue weighted by molar-refractivity contribution is 7.91. The highest BCUT2D eigenvalue weighted by Crippen LogP contribution is 2.15. The second-order valence-corrected chi connectivity index (χ2v) is 7.17. The monoisotopic (exact) mass is 275 g/mol. The standard InChI is InChI=1S/C10H13NO4S2/c1-3-7-11-17(14,15)10-6-4-5-9(8-10)16(2,12)13/h3-6,8,11H,1,7H2,2H3. The molecule has 0 spiro atoms. The van der Waals surface area contributed by atoms with Gasteiger partial charge in [-0.05, 0) is 18.2 Å². The van der Waals surface area contributed by atoms with Gasteiger partial charge in [-0.2, -0.15) is 0 Å². The minimum atomic E-state index is -3.69. The molecule has 1 N–H and O–H groups in total. The highest BCUT2D eigenvalue weighted by atomic mass is 32.2. The third-order valence-electron chi connectivity index (χ3n) is 1.96. The molecule has 1 aromatic carbocycles. The number of hydrogen-bond donors (Lipinski definition) is 1. The van der Waals surface area contributed by atoms with Crippen LogP contribution in [0.5, 0.6) is 0 Å². The van der Waals surface area contributed by atoms with E-state index < -0.39 is 19.9 Å². The van der Waals surface area contributed by atoms with Gasteiger partial charge in [-0.25, -0.2) is 21.6 Å². The lowest BCUT2D eigenvalue weighted by molar-refractivity contribution is 0.585. The summed E-state index contributed by atoms with van der Waals surface area (Å²) < 4.78 is 48.3. The Labute approximate surface area is 101 Å². The quantitative estimate of drug-likeness (QED) is 0.796. The highest BCUT2D eigenvalue weighted by Gasteiger charge is 2.15. The average molecular weight is 275 g/mol. The molecule has 0 aliphatic rings. The van der Waals surface area contributed by atoms with E-state index in [9.17, 15) is 16.8 Å². The van der Waals surface area contributed by atoms with Crippen LogP contribution in [0.3, 0.4) is 0 Å². The summed E-state index contributed by atoms with van der Waals surface area (Å²) >= 11 is 0. The molecule has 94 valence electrons. The fourth-order valence-electron chi connectivity index (χ4n) is 1.12. The van der Waals surface area contributed by atoms with Gasteiger partial charge in [-0.1, -0.05) is 12.1 Å². The summed E-state index contributed by atoms with van der Waals surface area (Å²) in [5, 5.41) is 0. The second-order valence-electron chi connectivity index (χ2n) is 3.39. The van der Waals surface area contributed by atoms with E-state index in [0.717, 1.165) is 12.3 Å². The molecule has 0 amide bonds. The van der Waals surface area contributed by atoms with Gasteiger partial charge in [0.2, 0.25) is 10.0 Å². The van der Waals surface area contributed by atoms with Crippen molar-refractivity contribution in [3.05, 3.63) is 36.9 Å². The van der Waals surface area contributed by atoms with Crippen LogP contribution in [0.25, 0.3) is 0 Å². The Morgan fingerprint density at radius 1 is 1.24 bits per heavy atom. The molecule has 0 unspecified atom stereocenters. The van der Waals surface area contributed by atoms with E-state index in [1.165, 1.54) is 24.3 Å². The van der Waals surface area contributed by atoms with Crippen molar-refractivity contribution in [3.63, 3.8) is 0 Å². The largest absolute Gasteiger partial charge is 0.240 e. The molecule has 0 saturated heterocycles. The van der Waals surface area contributed by atoms with Gasteiger partial charge in [-0.15, -0.1) is 6.58 Å². The topological polar surface area (TPSA) is 80.3 Å². The van der Waals surface area contributed by atoms with Crippen LogP contribution in [0, 0.1) is 0 Å². The van der Waals surface area contributed by atoms with Crippen molar-refractivity contribution in [2.75, 3.05) is 12.8 Å². The number of benzene rings is 1. The predicted octanol–water partition coefficient (Wildman–Crippen LogP) is 0.554. The Bertz CT molecular complexity index is 617. The summed E-state index contributed by atoms with van der Waals surface area (Å²) in [7, 11) is -7.11.